The molecule has 3 nitrogen and oxygen atoms in total. The molecule has 0 amide bonds. The number of hydrazine groups is 1. The lowest BCUT2D eigenvalue weighted by Gasteiger charge is -2.06. The zero-order valence-corrected chi connectivity index (χ0v) is 6.15. The van der Waals surface area contributed by atoms with Crippen molar-refractivity contribution >= 4 is 0 Å². The molecular formula is C7H13N3. The summed E-state index contributed by atoms with van der Waals surface area (Å²) in [5.41, 5.74) is 4.92. The minimum atomic E-state index is 0.829. The first-order valence-corrected chi connectivity index (χ1v) is 3.38. The van der Waals surface area contributed by atoms with Crippen LogP contribution in [0.5, 0.6) is 0 Å². The van der Waals surface area contributed by atoms with Crippen LogP contribution in [0.15, 0.2) is 23.4 Å². The normalized spacial score (nSPS) is 19.0. The largest absolute Gasteiger partial charge is 0.327 e. The zero-order chi connectivity index (χ0) is 7.40. The van der Waals surface area contributed by atoms with E-state index in [9.17, 15) is 0 Å². The molecular weight excluding hydrogens is 126 g/mol. The molecule has 0 radical (unpaired) electrons. The summed E-state index contributed by atoms with van der Waals surface area (Å²) in [4.78, 5) is 0. The first-order valence-electron chi connectivity index (χ1n) is 3.38. The molecule has 0 aromatic heterocycles. The van der Waals surface area contributed by atoms with Crippen LogP contribution in [0.25, 0.3) is 0 Å². The third-order valence-electron chi connectivity index (χ3n) is 1.58. The molecule has 4 N–H and O–H groups in total. The van der Waals surface area contributed by atoms with Crippen LogP contribution >= 0.6 is 0 Å². The van der Waals surface area contributed by atoms with Gasteiger partial charge in [0.1, 0.15) is 0 Å². The standard InChI is InChI=1S/C7H13N3/c1-6-3-2-4-9-5-7(6)10-8/h2-3,9-10H,4-5,8H2,1H3. The van der Waals surface area contributed by atoms with Crippen LogP contribution in [-0.2, 0) is 0 Å². The Hall–Kier alpha value is -0.800. The molecule has 0 unspecified atom stereocenters. The van der Waals surface area contributed by atoms with Gasteiger partial charge in [-0.2, -0.15) is 0 Å². The second-order valence-electron chi connectivity index (χ2n) is 2.34. The second kappa shape index (κ2) is 3.39. The van der Waals surface area contributed by atoms with Crippen LogP contribution in [0.2, 0.25) is 0 Å². The minimum absolute atomic E-state index is 0.829. The third-order valence-corrected chi connectivity index (χ3v) is 1.58. The molecule has 0 spiro atoms. The predicted octanol–water partition coefficient (Wildman–Crippen LogP) is -0.117. The molecule has 56 valence electrons. The predicted molar refractivity (Wildman–Crippen MR) is 42.0 cm³/mol. The molecule has 3 heteroatoms. The molecule has 0 aliphatic carbocycles. The molecule has 1 heterocycles. The number of hydrogen-bond acceptors (Lipinski definition) is 3. The molecule has 0 aromatic rings. The van der Waals surface area contributed by atoms with E-state index in [1.54, 1.807) is 0 Å². The van der Waals surface area contributed by atoms with Gasteiger partial charge in [-0.05, 0) is 12.5 Å². The number of allylic oxidation sites excluding steroid dienone is 2. The Morgan fingerprint density at radius 2 is 2.50 bits per heavy atom. The molecule has 10 heavy (non-hydrogen) atoms. The summed E-state index contributed by atoms with van der Waals surface area (Å²) in [6.07, 6.45) is 4.15. The summed E-state index contributed by atoms with van der Waals surface area (Å²) in [6.45, 7) is 3.79. The zero-order valence-electron chi connectivity index (χ0n) is 6.15. The van der Waals surface area contributed by atoms with Gasteiger partial charge in [0.25, 0.3) is 0 Å². The maximum atomic E-state index is 5.28. The smallest absolute Gasteiger partial charge is 0.0426 e. The van der Waals surface area contributed by atoms with E-state index in [0.29, 0.717) is 0 Å². The van der Waals surface area contributed by atoms with Gasteiger partial charge < -0.3 is 10.7 Å². The molecule has 0 bridgehead atoms. The van der Waals surface area contributed by atoms with E-state index in [0.717, 1.165) is 18.8 Å². The summed E-state index contributed by atoms with van der Waals surface area (Å²) < 4.78 is 0. The van der Waals surface area contributed by atoms with Gasteiger partial charge >= 0.3 is 0 Å². The van der Waals surface area contributed by atoms with Crippen molar-refractivity contribution in [3.8, 4) is 0 Å². The Bertz CT molecular complexity index is 170. The molecule has 0 saturated carbocycles. The highest BCUT2D eigenvalue weighted by Crippen LogP contribution is 2.02. The fraction of sp³-hybridized carbons (Fsp3) is 0.429. The molecule has 1 aliphatic rings. The highest BCUT2D eigenvalue weighted by Gasteiger charge is 1.99. The lowest BCUT2D eigenvalue weighted by atomic mass is 10.2. The highest BCUT2D eigenvalue weighted by atomic mass is 15.2. The van der Waals surface area contributed by atoms with Crippen molar-refractivity contribution < 1.29 is 0 Å². The van der Waals surface area contributed by atoms with E-state index < -0.39 is 0 Å². The van der Waals surface area contributed by atoms with E-state index in [1.807, 2.05) is 6.92 Å². The number of hydrogen-bond donors (Lipinski definition) is 3. The molecule has 0 saturated heterocycles. The first kappa shape index (κ1) is 7.31. The van der Waals surface area contributed by atoms with Crippen molar-refractivity contribution in [2.24, 2.45) is 5.84 Å². The van der Waals surface area contributed by atoms with E-state index in [-0.39, 0.29) is 0 Å². The van der Waals surface area contributed by atoms with Crippen molar-refractivity contribution in [3.63, 3.8) is 0 Å². The lowest BCUT2D eigenvalue weighted by molar-refractivity contribution is 0.742. The lowest BCUT2D eigenvalue weighted by Crippen LogP contribution is -2.29. The maximum Gasteiger partial charge on any atom is 0.0426 e. The first-order chi connectivity index (χ1) is 4.84. The van der Waals surface area contributed by atoms with E-state index >= 15 is 0 Å². The van der Waals surface area contributed by atoms with Gasteiger partial charge in [-0.3, -0.25) is 5.84 Å². The van der Waals surface area contributed by atoms with Crippen LogP contribution in [0.1, 0.15) is 6.92 Å². The Balaban J connectivity index is 2.72. The number of nitrogens with two attached hydrogens (primary N) is 1. The van der Waals surface area contributed by atoms with Gasteiger partial charge in [0.2, 0.25) is 0 Å². The average Bonchev–Trinajstić information content (AvgIpc) is 2.13. The monoisotopic (exact) mass is 139 g/mol. The van der Waals surface area contributed by atoms with Crippen molar-refractivity contribution in [1.29, 1.82) is 0 Å². The van der Waals surface area contributed by atoms with Crippen molar-refractivity contribution in [3.05, 3.63) is 23.4 Å². The Kier molecular flexibility index (Phi) is 2.48. The van der Waals surface area contributed by atoms with Crippen molar-refractivity contribution in [2.45, 2.75) is 6.92 Å². The number of rotatable bonds is 1. The van der Waals surface area contributed by atoms with Gasteiger partial charge in [0, 0.05) is 18.8 Å². The quantitative estimate of drug-likeness (QED) is 0.351. The summed E-state index contributed by atoms with van der Waals surface area (Å²) in [5.74, 6) is 5.28. The summed E-state index contributed by atoms with van der Waals surface area (Å²) in [7, 11) is 0. The third kappa shape index (κ3) is 1.59. The average molecular weight is 139 g/mol. The van der Waals surface area contributed by atoms with E-state index in [1.165, 1.54) is 5.57 Å². The van der Waals surface area contributed by atoms with E-state index in [2.05, 4.69) is 22.9 Å². The van der Waals surface area contributed by atoms with Crippen LogP contribution in [0, 0.1) is 0 Å². The Morgan fingerprint density at radius 1 is 1.70 bits per heavy atom. The van der Waals surface area contributed by atoms with Gasteiger partial charge in [-0.1, -0.05) is 12.2 Å². The summed E-state index contributed by atoms with van der Waals surface area (Å²) >= 11 is 0. The van der Waals surface area contributed by atoms with Gasteiger partial charge in [0.05, 0.1) is 0 Å². The van der Waals surface area contributed by atoms with Gasteiger partial charge in [-0.15, -0.1) is 0 Å². The molecule has 0 aromatic carbocycles. The van der Waals surface area contributed by atoms with E-state index in [4.69, 9.17) is 5.84 Å². The van der Waals surface area contributed by atoms with Gasteiger partial charge in [0.15, 0.2) is 0 Å². The summed E-state index contributed by atoms with van der Waals surface area (Å²) in [5, 5.41) is 3.19. The fourth-order valence-corrected chi connectivity index (χ4v) is 0.921. The van der Waals surface area contributed by atoms with Crippen molar-refractivity contribution in [1.82, 2.24) is 10.7 Å². The SMILES string of the molecule is CC1=C(NN)CNCC=C1. The van der Waals surface area contributed by atoms with Crippen LogP contribution in [0.3, 0.4) is 0 Å². The van der Waals surface area contributed by atoms with Crippen molar-refractivity contribution in [2.75, 3.05) is 13.1 Å². The minimum Gasteiger partial charge on any atom is -0.327 e. The molecule has 0 fully saturated rings. The van der Waals surface area contributed by atoms with Crippen LogP contribution in [0.4, 0.5) is 0 Å². The van der Waals surface area contributed by atoms with Crippen LogP contribution < -0.4 is 16.6 Å². The molecule has 1 rings (SSSR count). The highest BCUT2D eigenvalue weighted by molar-refractivity contribution is 5.25. The fourth-order valence-electron chi connectivity index (χ4n) is 0.921. The van der Waals surface area contributed by atoms with Gasteiger partial charge in [-0.25, -0.2) is 0 Å². The number of nitrogens with one attached hydrogen (secondary N) is 2. The summed E-state index contributed by atoms with van der Waals surface area (Å²) in [6, 6.07) is 0. The molecule has 0 atom stereocenters. The molecule has 1 aliphatic heterocycles. The Morgan fingerprint density at radius 3 is 3.20 bits per heavy atom. The maximum absolute atomic E-state index is 5.28. The Labute approximate surface area is 61.0 Å². The second-order valence-corrected chi connectivity index (χ2v) is 2.34. The topological polar surface area (TPSA) is 50.1 Å². The van der Waals surface area contributed by atoms with Crippen LogP contribution in [-0.4, -0.2) is 13.1 Å².